The molecule has 6 heteroatoms. The van der Waals surface area contributed by atoms with E-state index in [0.29, 0.717) is 38.6 Å². The predicted octanol–water partition coefficient (Wildman–Crippen LogP) is 1.73. The molecule has 0 radical (unpaired) electrons. The first-order valence-corrected chi connectivity index (χ1v) is 8.59. The summed E-state index contributed by atoms with van der Waals surface area (Å²) in [6.07, 6.45) is 4.50. The Morgan fingerprint density at radius 2 is 1.79 bits per heavy atom. The SMILES string of the molecule is O=C(Cc1c[nH]c2ccccc12)N1CCN(C(=O)NC2CC2)CC1. The molecule has 2 N–H and O–H groups in total. The molecule has 6 nitrogen and oxygen atoms in total. The smallest absolute Gasteiger partial charge is 0.317 e. The normalized spacial score (nSPS) is 18.0. The van der Waals surface area contributed by atoms with E-state index in [9.17, 15) is 9.59 Å². The molecular formula is C18H22N4O2. The minimum Gasteiger partial charge on any atom is -0.361 e. The van der Waals surface area contributed by atoms with Crippen molar-refractivity contribution in [1.82, 2.24) is 20.1 Å². The van der Waals surface area contributed by atoms with Gasteiger partial charge in [-0.3, -0.25) is 4.79 Å². The van der Waals surface area contributed by atoms with Crippen molar-refractivity contribution < 1.29 is 9.59 Å². The number of aromatic amines is 1. The summed E-state index contributed by atoms with van der Waals surface area (Å²) in [4.78, 5) is 31.5. The van der Waals surface area contributed by atoms with E-state index in [0.717, 1.165) is 29.3 Å². The lowest BCUT2D eigenvalue weighted by Crippen LogP contribution is -2.53. The molecule has 126 valence electrons. The number of rotatable bonds is 3. The van der Waals surface area contributed by atoms with Gasteiger partial charge in [0.2, 0.25) is 5.91 Å². The maximum absolute atomic E-state index is 12.6. The van der Waals surface area contributed by atoms with E-state index in [-0.39, 0.29) is 11.9 Å². The number of H-pyrrole nitrogens is 1. The molecule has 1 saturated heterocycles. The van der Waals surface area contributed by atoms with Gasteiger partial charge in [0, 0.05) is 49.3 Å². The lowest BCUT2D eigenvalue weighted by Gasteiger charge is -2.34. The summed E-state index contributed by atoms with van der Waals surface area (Å²) in [5.74, 6) is 0.127. The van der Waals surface area contributed by atoms with Crippen LogP contribution >= 0.6 is 0 Å². The fourth-order valence-electron chi connectivity index (χ4n) is 3.21. The van der Waals surface area contributed by atoms with Gasteiger partial charge in [-0.25, -0.2) is 4.79 Å². The molecule has 0 unspecified atom stereocenters. The number of benzene rings is 1. The zero-order valence-corrected chi connectivity index (χ0v) is 13.6. The van der Waals surface area contributed by atoms with E-state index in [4.69, 9.17) is 0 Å². The Kier molecular flexibility index (Phi) is 3.88. The number of nitrogens with one attached hydrogen (secondary N) is 2. The van der Waals surface area contributed by atoms with Gasteiger partial charge in [0.1, 0.15) is 0 Å². The Morgan fingerprint density at radius 1 is 1.08 bits per heavy atom. The van der Waals surface area contributed by atoms with Crippen LogP contribution in [0.1, 0.15) is 18.4 Å². The van der Waals surface area contributed by atoms with Crippen molar-refractivity contribution >= 4 is 22.8 Å². The van der Waals surface area contributed by atoms with E-state index in [1.54, 1.807) is 0 Å². The maximum Gasteiger partial charge on any atom is 0.317 e. The van der Waals surface area contributed by atoms with E-state index in [2.05, 4.69) is 10.3 Å². The van der Waals surface area contributed by atoms with Crippen LogP contribution in [-0.4, -0.2) is 58.9 Å². The van der Waals surface area contributed by atoms with Gasteiger partial charge in [-0.2, -0.15) is 0 Å². The molecule has 1 aromatic heterocycles. The highest BCUT2D eigenvalue weighted by molar-refractivity contribution is 5.89. The van der Waals surface area contributed by atoms with Crippen molar-refractivity contribution in [1.29, 1.82) is 0 Å². The molecule has 1 aliphatic heterocycles. The Hall–Kier alpha value is -2.50. The highest BCUT2D eigenvalue weighted by Gasteiger charge is 2.28. The first-order chi connectivity index (χ1) is 11.7. The number of para-hydroxylation sites is 1. The second kappa shape index (κ2) is 6.19. The Bertz CT molecular complexity index is 757. The molecule has 3 amide bonds. The van der Waals surface area contributed by atoms with E-state index in [1.165, 1.54) is 0 Å². The third-order valence-electron chi connectivity index (χ3n) is 4.84. The Balaban J connectivity index is 1.33. The first kappa shape index (κ1) is 15.1. The van der Waals surface area contributed by atoms with E-state index in [1.807, 2.05) is 40.3 Å². The van der Waals surface area contributed by atoms with Crippen molar-refractivity contribution in [3.8, 4) is 0 Å². The molecule has 1 aliphatic carbocycles. The van der Waals surface area contributed by atoms with Gasteiger partial charge in [0.15, 0.2) is 0 Å². The predicted molar refractivity (Wildman–Crippen MR) is 91.7 cm³/mol. The molecule has 24 heavy (non-hydrogen) atoms. The van der Waals surface area contributed by atoms with Gasteiger partial charge in [-0.15, -0.1) is 0 Å². The topological polar surface area (TPSA) is 68.4 Å². The minimum atomic E-state index is 0.0150. The van der Waals surface area contributed by atoms with Crippen molar-refractivity contribution in [2.75, 3.05) is 26.2 Å². The van der Waals surface area contributed by atoms with Crippen molar-refractivity contribution in [2.24, 2.45) is 0 Å². The first-order valence-electron chi connectivity index (χ1n) is 8.59. The number of piperazine rings is 1. The molecule has 1 aromatic carbocycles. The summed E-state index contributed by atoms with van der Waals surface area (Å²) >= 11 is 0. The fraction of sp³-hybridized carbons (Fsp3) is 0.444. The number of amides is 3. The Morgan fingerprint density at radius 3 is 2.54 bits per heavy atom. The number of urea groups is 1. The molecule has 0 bridgehead atoms. The van der Waals surface area contributed by atoms with Crippen LogP contribution in [0.25, 0.3) is 10.9 Å². The minimum absolute atomic E-state index is 0.0150. The molecule has 2 aromatic rings. The second-order valence-electron chi connectivity index (χ2n) is 6.63. The van der Waals surface area contributed by atoms with Crippen LogP contribution in [0, 0.1) is 0 Å². The number of carbonyl (C=O) groups is 2. The van der Waals surface area contributed by atoms with E-state index >= 15 is 0 Å². The third-order valence-corrected chi connectivity index (χ3v) is 4.84. The third kappa shape index (κ3) is 3.09. The number of hydrogen-bond acceptors (Lipinski definition) is 2. The van der Waals surface area contributed by atoms with Gasteiger partial charge in [0.25, 0.3) is 0 Å². The maximum atomic E-state index is 12.6. The van der Waals surface area contributed by atoms with Crippen LogP contribution in [0.2, 0.25) is 0 Å². The number of aromatic nitrogens is 1. The van der Waals surface area contributed by atoms with Crippen LogP contribution in [0.15, 0.2) is 30.5 Å². The molecule has 2 aliphatic rings. The summed E-state index contributed by atoms with van der Waals surface area (Å²) in [6, 6.07) is 8.41. The average molecular weight is 326 g/mol. The standard InChI is InChI=1S/C18H22N4O2/c23-17(11-13-12-19-16-4-2-1-3-15(13)16)21-7-9-22(10-8-21)18(24)20-14-5-6-14/h1-4,12,14,19H,5-11H2,(H,20,24). The van der Waals surface area contributed by atoms with Gasteiger partial charge >= 0.3 is 6.03 Å². The quantitative estimate of drug-likeness (QED) is 0.902. The second-order valence-corrected chi connectivity index (χ2v) is 6.63. The fourth-order valence-corrected chi connectivity index (χ4v) is 3.21. The van der Waals surface area contributed by atoms with Gasteiger partial charge < -0.3 is 20.1 Å². The number of hydrogen-bond donors (Lipinski definition) is 2. The molecule has 1 saturated carbocycles. The highest BCUT2D eigenvalue weighted by atomic mass is 16.2. The van der Waals surface area contributed by atoms with Crippen LogP contribution in [0.4, 0.5) is 4.79 Å². The summed E-state index contributed by atoms with van der Waals surface area (Å²) < 4.78 is 0. The summed E-state index contributed by atoms with van der Waals surface area (Å²) in [7, 11) is 0. The van der Waals surface area contributed by atoms with Gasteiger partial charge in [-0.05, 0) is 24.5 Å². The Labute approximate surface area is 140 Å². The molecule has 0 atom stereocenters. The molecular weight excluding hydrogens is 304 g/mol. The molecule has 0 spiro atoms. The van der Waals surface area contributed by atoms with Crippen molar-refractivity contribution in [3.63, 3.8) is 0 Å². The largest absolute Gasteiger partial charge is 0.361 e. The summed E-state index contributed by atoms with van der Waals surface area (Å²) in [6.45, 7) is 2.44. The molecule has 4 rings (SSSR count). The van der Waals surface area contributed by atoms with Crippen molar-refractivity contribution in [3.05, 3.63) is 36.0 Å². The number of fused-ring (bicyclic) bond motifs is 1. The highest BCUT2D eigenvalue weighted by Crippen LogP contribution is 2.20. The lowest BCUT2D eigenvalue weighted by atomic mass is 10.1. The lowest BCUT2D eigenvalue weighted by molar-refractivity contribution is -0.131. The van der Waals surface area contributed by atoms with Crippen LogP contribution in [0.3, 0.4) is 0 Å². The van der Waals surface area contributed by atoms with Crippen LogP contribution < -0.4 is 5.32 Å². The van der Waals surface area contributed by atoms with Gasteiger partial charge in [0.05, 0.1) is 6.42 Å². The summed E-state index contributed by atoms with van der Waals surface area (Å²) in [5.41, 5.74) is 2.09. The number of nitrogens with zero attached hydrogens (tertiary/aromatic N) is 2. The summed E-state index contributed by atoms with van der Waals surface area (Å²) in [5, 5.41) is 4.11. The molecule has 2 fully saturated rings. The monoisotopic (exact) mass is 326 g/mol. The molecule has 2 heterocycles. The van der Waals surface area contributed by atoms with Crippen LogP contribution in [0.5, 0.6) is 0 Å². The van der Waals surface area contributed by atoms with Gasteiger partial charge in [-0.1, -0.05) is 18.2 Å². The zero-order chi connectivity index (χ0) is 16.5. The van der Waals surface area contributed by atoms with Crippen molar-refractivity contribution in [2.45, 2.75) is 25.3 Å². The zero-order valence-electron chi connectivity index (χ0n) is 13.6. The number of carbonyl (C=O) groups excluding carboxylic acids is 2. The average Bonchev–Trinajstić information content (AvgIpc) is 3.34. The van der Waals surface area contributed by atoms with Crippen LogP contribution in [-0.2, 0) is 11.2 Å². The van der Waals surface area contributed by atoms with E-state index < -0.39 is 0 Å².